The van der Waals surface area contributed by atoms with Crippen molar-refractivity contribution in [1.29, 1.82) is 5.41 Å². The van der Waals surface area contributed by atoms with Crippen molar-refractivity contribution in [1.82, 2.24) is 9.13 Å². The molecule has 0 saturated heterocycles. The monoisotopic (exact) mass is 767 g/mol. The molecule has 0 radical (unpaired) electrons. The summed E-state index contributed by atoms with van der Waals surface area (Å²) in [6, 6.07) is 12.3. The van der Waals surface area contributed by atoms with E-state index in [0.29, 0.717) is 15.6 Å². The Balaban J connectivity index is 1.39. The van der Waals surface area contributed by atoms with E-state index in [1.165, 1.54) is 0 Å². The summed E-state index contributed by atoms with van der Waals surface area (Å²) < 4.78 is 182. The predicted molar refractivity (Wildman–Crippen MR) is 242 cm³/mol. The molecule has 0 aliphatic heterocycles. The predicted octanol–water partition coefficient (Wildman–Crippen LogP) is 9.09. The van der Waals surface area contributed by atoms with Crippen LogP contribution in [-0.2, 0) is 0 Å². The largest absolute Gasteiger partial charge is 0.300 e. The van der Waals surface area contributed by atoms with Gasteiger partial charge in [0.05, 0.1) is 49.5 Å². The number of para-hydroxylation sites is 4. The molecule has 0 aliphatic rings. The Morgan fingerprint density at radius 2 is 0.912 bits per heavy atom. The molecule has 2 heterocycles. The van der Waals surface area contributed by atoms with Gasteiger partial charge in [-0.05, 0) is 44.9 Å². The first-order valence-corrected chi connectivity index (χ1v) is 19.5. The van der Waals surface area contributed by atoms with Crippen LogP contribution in [0, 0.1) is 5.41 Å². The maximum Gasteiger partial charge on any atom is 0.238 e. The molecule has 2 aromatic heterocycles. The lowest BCUT2D eigenvalue weighted by molar-refractivity contribution is 1.21. The molecule has 0 amide bonds. The molecular formula is C51H37N5Si. The van der Waals surface area contributed by atoms with Crippen molar-refractivity contribution in [2.75, 3.05) is 0 Å². The minimum Gasteiger partial charge on any atom is -0.300 e. The normalized spacial score (nSPS) is 17.2. The van der Waals surface area contributed by atoms with Crippen LogP contribution in [0.1, 0.15) is 33.0 Å². The standard InChI is InChI=1S/C51H37N5Si/c52-50(37-19-18-26-41(35-37)57(38-20-4-1-5-21-38,39-22-6-2-7-23-39)40-24-8-3-9-25-40)54-51(56-48-33-16-12-29-44(48)45-30-13-17-34-49(45)56)53-36-55-46-31-14-10-27-42(46)43-28-11-15-32-47(43)55/h1-36,52H/i10D,11D,12D,13D,14D,15D,16D,17D,18D,19D,26D,27D,28D,29D,30D,31D,32D,33D,34D,35D. The van der Waals surface area contributed by atoms with Crippen molar-refractivity contribution in [2.45, 2.75) is 0 Å². The second kappa shape index (κ2) is 14.3. The SMILES string of the molecule is [2H]c1c([2H])c(C(=N)N=C(N=Cn2c3c([2H])c([2H])c([2H])c([2H])c3c3c([2H])c([2H])c([2H])c([2H])c32)n2c3c([2H])c([2H])c([2H])c([2H])c3c3c([2H])c([2H])c([2H])c([2H])c32)c([2H])c([Si](c2ccccc2)(c2ccccc2)c2ccccc2)c1[2H]. The topological polar surface area (TPSA) is 58.4 Å². The second-order valence-electron chi connectivity index (χ2n) is 12.7. The van der Waals surface area contributed by atoms with Gasteiger partial charge < -0.3 is 0 Å². The van der Waals surface area contributed by atoms with Gasteiger partial charge in [0, 0.05) is 27.1 Å². The lowest BCUT2D eigenvalue weighted by Gasteiger charge is -2.34. The van der Waals surface area contributed by atoms with E-state index in [9.17, 15) is 13.6 Å². The van der Waals surface area contributed by atoms with E-state index in [0.717, 1.165) is 15.5 Å². The van der Waals surface area contributed by atoms with Crippen LogP contribution < -0.4 is 20.7 Å². The third-order valence-electron chi connectivity index (χ3n) is 9.66. The Morgan fingerprint density at radius 3 is 1.39 bits per heavy atom. The number of aromatic nitrogens is 2. The molecule has 10 rings (SSSR count). The van der Waals surface area contributed by atoms with Gasteiger partial charge in [-0.1, -0.05) is 188 Å². The minimum absolute atomic E-state index is 0.0178. The summed E-state index contributed by atoms with van der Waals surface area (Å²) >= 11 is 0. The number of benzene rings is 8. The first-order valence-electron chi connectivity index (χ1n) is 27.5. The zero-order valence-corrected chi connectivity index (χ0v) is 30.5. The van der Waals surface area contributed by atoms with Gasteiger partial charge in [-0.25, -0.2) is 4.99 Å². The molecule has 1 N–H and O–H groups in total. The average Bonchev–Trinajstić information content (AvgIpc) is 4.03. The fraction of sp³-hybridized carbons (Fsp3) is 0. The molecule has 10 aromatic rings. The molecule has 0 bridgehead atoms. The second-order valence-corrected chi connectivity index (χ2v) is 16.4. The van der Waals surface area contributed by atoms with Crippen LogP contribution >= 0.6 is 0 Å². The number of rotatable bonds is 6. The number of fused-ring (bicyclic) bond motifs is 6. The Morgan fingerprint density at radius 1 is 0.491 bits per heavy atom. The van der Waals surface area contributed by atoms with Crippen molar-refractivity contribution in [2.24, 2.45) is 9.98 Å². The smallest absolute Gasteiger partial charge is 0.238 e. The lowest BCUT2D eigenvalue weighted by Crippen LogP contribution is -2.74. The fourth-order valence-corrected chi connectivity index (χ4v) is 11.7. The van der Waals surface area contributed by atoms with Gasteiger partial charge in [-0.15, -0.1) is 0 Å². The van der Waals surface area contributed by atoms with E-state index in [2.05, 4.69) is 9.98 Å². The summed E-state index contributed by atoms with van der Waals surface area (Å²) in [6.45, 7) is 0. The molecule has 0 aliphatic carbocycles. The van der Waals surface area contributed by atoms with Crippen molar-refractivity contribution >= 4 is 90.6 Å². The molecule has 0 fully saturated rings. The zero-order valence-electron chi connectivity index (χ0n) is 49.5. The zero-order chi connectivity index (χ0) is 55.6. The van der Waals surface area contributed by atoms with Crippen molar-refractivity contribution in [3.63, 3.8) is 0 Å². The summed E-state index contributed by atoms with van der Waals surface area (Å²) in [7, 11) is -3.93. The van der Waals surface area contributed by atoms with Gasteiger partial charge in [-0.2, -0.15) is 4.99 Å². The van der Waals surface area contributed by atoms with Crippen molar-refractivity contribution in [3.05, 3.63) is 217 Å². The van der Waals surface area contributed by atoms with Gasteiger partial charge in [-0.3, -0.25) is 14.5 Å². The Hall–Kier alpha value is -7.41. The molecule has 6 heteroatoms. The molecule has 0 unspecified atom stereocenters. The average molecular weight is 768 g/mol. The first kappa shape index (κ1) is 19.0. The highest BCUT2D eigenvalue weighted by atomic mass is 28.3. The highest BCUT2D eigenvalue weighted by molar-refractivity contribution is 7.19. The van der Waals surface area contributed by atoms with Crippen molar-refractivity contribution < 1.29 is 27.4 Å². The van der Waals surface area contributed by atoms with E-state index in [1.54, 1.807) is 54.6 Å². The van der Waals surface area contributed by atoms with Crippen LogP contribution in [0.2, 0.25) is 0 Å². The lowest BCUT2D eigenvalue weighted by atomic mass is 10.2. The molecule has 270 valence electrons. The van der Waals surface area contributed by atoms with Crippen LogP contribution in [0.15, 0.2) is 222 Å². The maximum absolute atomic E-state index is 10.1. The third-order valence-corrected chi connectivity index (χ3v) is 14.3. The Labute approximate surface area is 359 Å². The summed E-state index contributed by atoms with van der Waals surface area (Å²) in [6.07, 6.45) is 0.808. The quantitative estimate of drug-likeness (QED) is 0.0760. The van der Waals surface area contributed by atoms with E-state index < -0.39 is 179 Å². The molecule has 57 heavy (non-hydrogen) atoms. The molecule has 0 spiro atoms. The van der Waals surface area contributed by atoms with Crippen LogP contribution in [-0.4, -0.2) is 35.3 Å². The van der Waals surface area contributed by atoms with Gasteiger partial charge in [0.2, 0.25) is 5.96 Å². The Kier molecular flexibility index (Phi) is 4.77. The molecule has 0 saturated carbocycles. The summed E-state index contributed by atoms with van der Waals surface area (Å²) in [5, 5.41) is 10.3. The number of amidine groups is 1. The highest BCUT2D eigenvalue weighted by Gasteiger charge is 2.41. The minimum atomic E-state index is -3.93. The third kappa shape index (κ3) is 5.74. The van der Waals surface area contributed by atoms with Gasteiger partial charge in [0.15, 0.2) is 13.9 Å². The van der Waals surface area contributed by atoms with E-state index >= 15 is 0 Å². The van der Waals surface area contributed by atoms with Gasteiger partial charge >= 0.3 is 0 Å². The van der Waals surface area contributed by atoms with E-state index in [-0.39, 0.29) is 16.0 Å². The summed E-state index contributed by atoms with van der Waals surface area (Å²) in [4.78, 5) is 9.13. The number of hydrogen-bond donors (Lipinski definition) is 1. The number of nitrogens with zero attached hydrogens (tertiary/aromatic N) is 4. The number of nitrogens with one attached hydrogen (secondary N) is 1. The van der Waals surface area contributed by atoms with E-state index in [1.807, 2.05) is 36.4 Å². The van der Waals surface area contributed by atoms with Crippen LogP contribution in [0.25, 0.3) is 43.6 Å². The van der Waals surface area contributed by atoms with Crippen LogP contribution in [0.3, 0.4) is 0 Å². The maximum atomic E-state index is 10.1. The van der Waals surface area contributed by atoms with Gasteiger partial charge in [0.25, 0.3) is 0 Å². The summed E-state index contributed by atoms with van der Waals surface area (Å²) in [5.74, 6) is -1.90. The fourth-order valence-electron chi connectivity index (χ4n) is 7.23. The van der Waals surface area contributed by atoms with E-state index in [4.69, 9.17) is 19.2 Å². The number of hydrogen-bond acceptors (Lipinski definition) is 1. The van der Waals surface area contributed by atoms with Crippen molar-refractivity contribution in [3.8, 4) is 0 Å². The Bertz CT molecular complexity index is 4040. The summed E-state index contributed by atoms with van der Waals surface area (Å²) in [5.41, 5.74) is -2.54. The first-order chi connectivity index (χ1) is 36.5. The molecule has 0 atom stereocenters. The van der Waals surface area contributed by atoms with Crippen LogP contribution in [0.5, 0.6) is 0 Å². The molecule has 5 nitrogen and oxygen atoms in total. The highest BCUT2D eigenvalue weighted by Crippen LogP contribution is 2.30. The van der Waals surface area contributed by atoms with Crippen LogP contribution in [0.4, 0.5) is 0 Å². The number of aliphatic imine (C=N–C) groups is 2. The molecular weight excluding hydrogens is 711 g/mol. The van der Waals surface area contributed by atoms with Gasteiger partial charge in [0.1, 0.15) is 6.34 Å². The molecule has 8 aromatic carbocycles.